The number of carbonyl (C=O) groups excluding carboxylic acids is 2. The lowest BCUT2D eigenvalue weighted by Gasteiger charge is -2.10. The van der Waals surface area contributed by atoms with E-state index in [1.54, 1.807) is 24.3 Å². The summed E-state index contributed by atoms with van der Waals surface area (Å²) < 4.78 is 5.44. The number of rotatable bonds is 7. The molecule has 0 aliphatic rings. The van der Waals surface area contributed by atoms with E-state index < -0.39 is 0 Å². The van der Waals surface area contributed by atoms with Gasteiger partial charge < -0.3 is 15.4 Å². The lowest BCUT2D eigenvalue weighted by molar-refractivity contribution is -0.118. The van der Waals surface area contributed by atoms with Gasteiger partial charge in [-0.2, -0.15) is 0 Å². The first-order chi connectivity index (χ1) is 11.9. The van der Waals surface area contributed by atoms with Crippen molar-refractivity contribution in [2.75, 3.05) is 17.2 Å². The van der Waals surface area contributed by atoms with Gasteiger partial charge in [0.05, 0.1) is 0 Å². The summed E-state index contributed by atoms with van der Waals surface area (Å²) in [5.41, 5.74) is 2.50. The third kappa shape index (κ3) is 6.67. The van der Waals surface area contributed by atoms with Gasteiger partial charge in [-0.1, -0.05) is 31.5 Å². The highest BCUT2D eigenvalue weighted by Gasteiger charge is 2.07. The Bertz CT molecular complexity index is 707. The Labute approximate surface area is 148 Å². The van der Waals surface area contributed by atoms with E-state index in [1.807, 2.05) is 45.0 Å². The first-order valence-electron chi connectivity index (χ1n) is 8.31. The van der Waals surface area contributed by atoms with Gasteiger partial charge >= 0.3 is 0 Å². The highest BCUT2D eigenvalue weighted by atomic mass is 16.5. The third-order valence-electron chi connectivity index (χ3n) is 3.44. The van der Waals surface area contributed by atoms with E-state index in [9.17, 15) is 9.59 Å². The number of benzene rings is 2. The Balaban J connectivity index is 1.80. The molecule has 0 saturated carbocycles. The van der Waals surface area contributed by atoms with Crippen LogP contribution in [0.3, 0.4) is 0 Å². The number of hydrogen-bond acceptors (Lipinski definition) is 3. The standard InChI is InChI=1S/C20H24N2O3/c1-14(2)12-19(23)21-16-6-8-17(9-7-16)22-20(24)13-25-18-10-4-15(3)5-11-18/h4-11,14H,12-13H2,1-3H3,(H,21,23)(H,22,24). The topological polar surface area (TPSA) is 67.4 Å². The van der Waals surface area contributed by atoms with E-state index in [1.165, 1.54) is 0 Å². The Kier molecular flexibility index (Phi) is 6.57. The van der Waals surface area contributed by atoms with E-state index in [0.717, 1.165) is 5.56 Å². The highest BCUT2D eigenvalue weighted by Crippen LogP contribution is 2.15. The van der Waals surface area contributed by atoms with Crippen LogP contribution in [-0.4, -0.2) is 18.4 Å². The van der Waals surface area contributed by atoms with E-state index >= 15 is 0 Å². The normalized spacial score (nSPS) is 10.4. The summed E-state index contributed by atoms with van der Waals surface area (Å²) in [6.07, 6.45) is 0.481. The number of hydrogen-bond donors (Lipinski definition) is 2. The fraction of sp³-hybridized carbons (Fsp3) is 0.300. The van der Waals surface area contributed by atoms with Gasteiger partial charge in [-0.25, -0.2) is 0 Å². The monoisotopic (exact) mass is 340 g/mol. The minimum Gasteiger partial charge on any atom is -0.484 e. The molecule has 25 heavy (non-hydrogen) atoms. The number of amides is 2. The quantitative estimate of drug-likeness (QED) is 0.800. The zero-order valence-corrected chi connectivity index (χ0v) is 14.8. The largest absolute Gasteiger partial charge is 0.484 e. The van der Waals surface area contributed by atoms with Gasteiger partial charge in [0.1, 0.15) is 5.75 Å². The molecule has 132 valence electrons. The summed E-state index contributed by atoms with van der Waals surface area (Å²) in [4.78, 5) is 23.7. The molecular weight excluding hydrogens is 316 g/mol. The zero-order chi connectivity index (χ0) is 18.2. The summed E-state index contributed by atoms with van der Waals surface area (Å²) >= 11 is 0. The van der Waals surface area contributed by atoms with Crippen molar-refractivity contribution in [3.63, 3.8) is 0 Å². The van der Waals surface area contributed by atoms with Gasteiger partial charge in [0.15, 0.2) is 6.61 Å². The number of carbonyl (C=O) groups is 2. The zero-order valence-electron chi connectivity index (χ0n) is 14.8. The Morgan fingerprint density at radius 2 is 1.40 bits per heavy atom. The van der Waals surface area contributed by atoms with Gasteiger partial charge in [-0.3, -0.25) is 9.59 Å². The molecule has 2 aromatic rings. The Hall–Kier alpha value is -2.82. The fourth-order valence-corrected chi connectivity index (χ4v) is 2.20. The fourth-order valence-electron chi connectivity index (χ4n) is 2.20. The molecule has 2 aromatic carbocycles. The summed E-state index contributed by atoms with van der Waals surface area (Å²) in [7, 11) is 0. The Morgan fingerprint density at radius 3 is 1.92 bits per heavy atom. The molecule has 2 N–H and O–H groups in total. The number of aryl methyl sites for hydroxylation is 1. The van der Waals surface area contributed by atoms with Gasteiger partial charge in [0.25, 0.3) is 5.91 Å². The van der Waals surface area contributed by atoms with Crippen LogP contribution in [-0.2, 0) is 9.59 Å². The van der Waals surface area contributed by atoms with Crippen LogP contribution in [0.25, 0.3) is 0 Å². The molecule has 0 unspecified atom stereocenters. The van der Waals surface area contributed by atoms with Crippen LogP contribution in [0.1, 0.15) is 25.8 Å². The van der Waals surface area contributed by atoms with E-state index in [4.69, 9.17) is 4.74 Å². The SMILES string of the molecule is Cc1ccc(OCC(=O)Nc2ccc(NC(=O)CC(C)C)cc2)cc1. The van der Waals surface area contributed by atoms with Gasteiger partial charge in [-0.15, -0.1) is 0 Å². The molecule has 0 aliphatic carbocycles. The van der Waals surface area contributed by atoms with Crippen molar-refractivity contribution < 1.29 is 14.3 Å². The molecular formula is C20H24N2O3. The average Bonchev–Trinajstić information content (AvgIpc) is 2.55. The summed E-state index contributed by atoms with van der Waals surface area (Å²) in [5, 5.41) is 5.59. The summed E-state index contributed by atoms with van der Waals surface area (Å²) in [5.74, 6) is 0.714. The third-order valence-corrected chi connectivity index (χ3v) is 3.44. The van der Waals surface area contributed by atoms with Crippen LogP contribution in [0.5, 0.6) is 5.75 Å². The van der Waals surface area contributed by atoms with Crippen molar-refractivity contribution in [1.82, 2.24) is 0 Å². The smallest absolute Gasteiger partial charge is 0.262 e. The van der Waals surface area contributed by atoms with Crippen LogP contribution in [0.4, 0.5) is 11.4 Å². The first-order valence-corrected chi connectivity index (χ1v) is 8.31. The van der Waals surface area contributed by atoms with Crippen LogP contribution in [0, 0.1) is 12.8 Å². The molecule has 2 rings (SSSR count). The van der Waals surface area contributed by atoms with E-state index in [0.29, 0.717) is 29.5 Å². The lowest BCUT2D eigenvalue weighted by atomic mass is 10.1. The highest BCUT2D eigenvalue weighted by molar-refractivity contribution is 5.93. The predicted octanol–water partition coefficient (Wildman–Crippen LogP) is 4.00. The molecule has 0 radical (unpaired) electrons. The van der Waals surface area contributed by atoms with Crippen molar-refractivity contribution in [2.45, 2.75) is 27.2 Å². The van der Waals surface area contributed by atoms with Crippen molar-refractivity contribution >= 4 is 23.2 Å². The van der Waals surface area contributed by atoms with E-state index in [2.05, 4.69) is 10.6 Å². The van der Waals surface area contributed by atoms with Crippen LogP contribution in [0.2, 0.25) is 0 Å². The van der Waals surface area contributed by atoms with Gasteiger partial charge in [0, 0.05) is 17.8 Å². The molecule has 2 amide bonds. The number of nitrogens with one attached hydrogen (secondary N) is 2. The second kappa shape index (κ2) is 8.87. The molecule has 5 nitrogen and oxygen atoms in total. The van der Waals surface area contributed by atoms with Crippen LogP contribution < -0.4 is 15.4 Å². The maximum absolute atomic E-state index is 11.9. The van der Waals surface area contributed by atoms with Crippen LogP contribution >= 0.6 is 0 Å². The molecule has 0 heterocycles. The molecule has 0 saturated heterocycles. The molecule has 0 aromatic heterocycles. The molecule has 0 bridgehead atoms. The minimum atomic E-state index is -0.239. The van der Waals surface area contributed by atoms with Crippen molar-refractivity contribution in [3.8, 4) is 5.75 Å². The van der Waals surface area contributed by atoms with Crippen LogP contribution in [0.15, 0.2) is 48.5 Å². The predicted molar refractivity (Wildman–Crippen MR) is 99.8 cm³/mol. The van der Waals surface area contributed by atoms with Crippen molar-refractivity contribution in [1.29, 1.82) is 0 Å². The second-order valence-corrected chi connectivity index (χ2v) is 6.37. The summed E-state index contributed by atoms with van der Waals surface area (Å²) in [6.45, 7) is 5.93. The van der Waals surface area contributed by atoms with Gasteiger partial charge in [-0.05, 0) is 49.2 Å². The number of ether oxygens (including phenoxy) is 1. The number of anilines is 2. The maximum atomic E-state index is 11.9. The first kappa shape index (κ1) is 18.5. The van der Waals surface area contributed by atoms with Gasteiger partial charge in [0.2, 0.25) is 5.91 Å². The summed E-state index contributed by atoms with van der Waals surface area (Å²) in [6, 6.07) is 14.5. The van der Waals surface area contributed by atoms with Crippen molar-refractivity contribution in [2.24, 2.45) is 5.92 Å². The van der Waals surface area contributed by atoms with Crippen molar-refractivity contribution in [3.05, 3.63) is 54.1 Å². The molecule has 0 aliphatic heterocycles. The maximum Gasteiger partial charge on any atom is 0.262 e. The Morgan fingerprint density at radius 1 is 0.880 bits per heavy atom. The lowest BCUT2D eigenvalue weighted by Crippen LogP contribution is -2.20. The second-order valence-electron chi connectivity index (χ2n) is 6.37. The molecule has 0 atom stereocenters. The molecule has 0 fully saturated rings. The minimum absolute atomic E-state index is 0.0155. The average molecular weight is 340 g/mol. The molecule has 5 heteroatoms. The van der Waals surface area contributed by atoms with E-state index in [-0.39, 0.29) is 18.4 Å². The molecule has 0 spiro atoms.